The van der Waals surface area contributed by atoms with Crippen LogP contribution in [-0.2, 0) is 27.3 Å². The Hall–Kier alpha value is -2.43. The summed E-state index contributed by atoms with van der Waals surface area (Å²) in [6.07, 6.45) is 77.4. The molecule has 2 aromatic rings. The summed E-state index contributed by atoms with van der Waals surface area (Å²) in [5.74, 6) is 7.21. The minimum atomic E-state index is 0.862. The molecule has 0 N–H and O–H groups in total. The van der Waals surface area contributed by atoms with Crippen LogP contribution in [0.1, 0.15) is 411 Å². The van der Waals surface area contributed by atoms with Crippen molar-refractivity contribution in [2.24, 2.45) is 0 Å². The summed E-state index contributed by atoms with van der Waals surface area (Å²) < 4.78 is 1.48. The van der Waals surface area contributed by atoms with E-state index in [4.69, 9.17) is 0 Å². The van der Waals surface area contributed by atoms with Gasteiger partial charge in [0.15, 0.2) is 0 Å². The second-order valence-corrected chi connectivity index (χ2v) is 27.8. The van der Waals surface area contributed by atoms with Crippen molar-refractivity contribution in [1.82, 2.24) is 0 Å². The van der Waals surface area contributed by atoms with Gasteiger partial charge in [0.1, 0.15) is 5.57 Å². The van der Waals surface area contributed by atoms with Crippen molar-refractivity contribution in [3.63, 3.8) is 0 Å². The molecule has 0 radical (unpaired) electrons. The second-order valence-electron chi connectivity index (χ2n) is 26.3. The van der Waals surface area contributed by atoms with Gasteiger partial charge in [-0.2, -0.15) is 0 Å². The van der Waals surface area contributed by atoms with Crippen LogP contribution in [0.15, 0.2) is 59.7 Å². The number of nitrogens with zero attached hydrogens (tertiary/aromatic N) is 2. The molecule has 3 rings (SSSR count). The molecule has 0 bridgehead atoms. The fourth-order valence-electron chi connectivity index (χ4n) is 12.5. The van der Waals surface area contributed by atoms with Gasteiger partial charge in [-0.05, 0) is 80.3 Å². The number of unbranched alkanes of at least 4 members (excludes halogenated alkanes) is 47. The first kappa shape index (κ1) is 78.7. The zero-order valence-electron chi connectivity index (χ0n) is 57.8. The number of benzene rings is 2. The van der Waals surface area contributed by atoms with Crippen molar-refractivity contribution < 1.29 is 19.1 Å². The molecule has 0 saturated heterocycles. The van der Waals surface area contributed by atoms with Gasteiger partial charge in [-0.3, -0.25) is 0 Å². The number of hydrogen-bond donors (Lipinski definition) is 0. The first-order chi connectivity index (χ1) is 42.1. The van der Waals surface area contributed by atoms with Crippen LogP contribution in [0, 0.1) is 11.8 Å². The third kappa shape index (κ3) is 43.0. The second kappa shape index (κ2) is 60.5. The van der Waals surface area contributed by atoms with Gasteiger partial charge in [-0.15, -0.1) is 0 Å². The Kier molecular flexibility index (Phi) is 56.0. The quantitative estimate of drug-likeness (QED) is 0.0273. The van der Waals surface area contributed by atoms with E-state index >= 15 is 0 Å². The number of rotatable bonds is 59. The van der Waals surface area contributed by atoms with Crippen molar-refractivity contribution in [2.45, 2.75) is 412 Å². The smallest absolute Gasteiger partial charge is 0.0654 e. The Morgan fingerprint density at radius 3 is 0.929 bits per heavy atom. The fourth-order valence-corrected chi connectivity index (χ4v) is 13.7. The van der Waals surface area contributed by atoms with Gasteiger partial charge in [-0.25, -0.2) is 4.70 Å². The molecule has 1 heterocycles. The first-order valence-electron chi connectivity index (χ1n) is 38.1. The number of allylic oxidation sites excluding steroid dienone is 2. The van der Waals surface area contributed by atoms with Gasteiger partial charge in [0.2, 0.25) is 11.4 Å². The SMILES string of the molecule is CCCCCCCCCCCCCCC#CC1=C(c2cccc(CCCC)c2)[N+](=[N-])C(c2cccc(CCCC)c2)=C1CCCC.CCCCCCCCCCCCCCCCCC[CH2][Ni][CH2]CCCCCCCCCCCCCCCCCC. The van der Waals surface area contributed by atoms with Gasteiger partial charge in [0.25, 0.3) is 0 Å². The fraction of sp³-hybridized carbons (Fsp3) is 0.780. The zero-order valence-corrected chi connectivity index (χ0v) is 58.8. The van der Waals surface area contributed by atoms with Gasteiger partial charge in [0, 0.05) is 23.1 Å². The van der Waals surface area contributed by atoms with E-state index in [0.29, 0.717) is 0 Å². The topological polar surface area (TPSA) is 25.3 Å². The molecule has 2 nitrogen and oxygen atoms in total. The summed E-state index contributed by atoms with van der Waals surface area (Å²) in [5.41, 5.74) is 20.8. The molecule has 0 amide bonds. The number of aryl methyl sites for hydroxylation is 2. The van der Waals surface area contributed by atoms with Crippen LogP contribution in [0.25, 0.3) is 16.9 Å². The molecule has 3 heteroatoms. The monoisotopic (exact) mass is 1210 g/mol. The van der Waals surface area contributed by atoms with E-state index < -0.39 is 0 Å². The van der Waals surface area contributed by atoms with E-state index in [0.717, 1.165) is 73.0 Å². The molecule has 85 heavy (non-hydrogen) atoms. The van der Waals surface area contributed by atoms with E-state index in [9.17, 15) is 5.53 Å². The minimum Gasteiger partial charge on any atom is -0.0654 e. The predicted molar refractivity (Wildman–Crippen MR) is 379 cm³/mol. The van der Waals surface area contributed by atoms with Crippen LogP contribution in [0.4, 0.5) is 0 Å². The van der Waals surface area contributed by atoms with E-state index in [1.165, 1.54) is 347 Å². The minimum absolute atomic E-state index is 0.862. The third-order valence-electron chi connectivity index (χ3n) is 18.1. The van der Waals surface area contributed by atoms with Gasteiger partial charge < -0.3 is 5.53 Å². The summed E-state index contributed by atoms with van der Waals surface area (Å²) in [7, 11) is 0. The normalized spacial score (nSPS) is 12.4. The van der Waals surface area contributed by atoms with Crippen LogP contribution in [-0.4, -0.2) is 4.70 Å². The molecule has 1 aliphatic rings. The van der Waals surface area contributed by atoms with Crippen molar-refractivity contribution >= 4 is 11.4 Å². The van der Waals surface area contributed by atoms with Crippen molar-refractivity contribution in [2.75, 3.05) is 0 Å². The number of hydrogen-bond acceptors (Lipinski definition) is 0. The molecule has 2 aromatic carbocycles. The summed E-state index contributed by atoms with van der Waals surface area (Å²) in [5, 5.41) is 2.87. The molecule has 1 aliphatic heterocycles. The van der Waals surface area contributed by atoms with Crippen LogP contribution in [0.3, 0.4) is 0 Å². The standard InChI is InChI=1S/C44H64N2.2C19H39.Ni/c1-5-9-13-14-15-16-17-18-19-20-21-22-23-24-34-42-41(33-12-8-4)43(39-31-25-29-37(35-39)27-10-6-2)46(45)44(42)40-32-26-30-38(36-40)28-11-7-3;2*1-3-5-7-9-11-13-15-17-19-18-16-14-12-10-8-6-4-2;/h25-26,29-32,35-36H,5-23,27-28,33H2,1-4H3;2*1,3-19H2,2H3;. The van der Waals surface area contributed by atoms with Crippen molar-refractivity contribution in [3.8, 4) is 11.8 Å². The molecular weight excluding hydrogens is 1070 g/mol. The average Bonchev–Trinajstić information content (AvgIpc) is 2.43. The van der Waals surface area contributed by atoms with E-state index in [1.807, 2.05) is 14.4 Å². The Morgan fingerprint density at radius 1 is 0.318 bits per heavy atom. The average molecular weight is 1210 g/mol. The van der Waals surface area contributed by atoms with Crippen LogP contribution in [0.5, 0.6) is 0 Å². The molecule has 0 aliphatic carbocycles. The predicted octanol–water partition coefficient (Wildman–Crippen LogP) is 29.0. The van der Waals surface area contributed by atoms with E-state index in [2.05, 4.69) is 102 Å². The molecule has 0 spiro atoms. The molecule has 0 unspecified atom stereocenters. The summed E-state index contributed by atoms with van der Waals surface area (Å²) >= 11 is 2.05. The zero-order chi connectivity index (χ0) is 61.0. The van der Waals surface area contributed by atoms with E-state index in [1.54, 1.807) is 0 Å². The molecular formula is C82H142N2Ni. The Bertz CT molecular complexity index is 1910. The van der Waals surface area contributed by atoms with Crippen LogP contribution < -0.4 is 0 Å². The van der Waals surface area contributed by atoms with Crippen molar-refractivity contribution in [1.29, 1.82) is 0 Å². The molecule has 490 valence electrons. The summed E-state index contributed by atoms with van der Waals surface area (Å²) in [6, 6.07) is 17.6. The summed E-state index contributed by atoms with van der Waals surface area (Å²) in [6.45, 7) is 13.6. The maximum atomic E-state index is 12.0. The van der Waals surface area contributed by atoms with Gasteiger partial charge in [-0.1, -0.05) is 245 Å². The van der Waals surface area contributed by atoms with Crippen molar-refractivity contribution in [3.05, 3.63) is 87.5 Å². The molecule has 0 saturated carbocycles. The Labute approximate surface area is 538 Å². The molecule has 0 aromatic heterocycles. The van der Waals surface area contributed by atoms with Crippen LogP contribution in [0.2, 0.25) is 10.8 Å². The third-order valence-corrected chi connectivity index (χ3v) is 19.5. The Morgan fingerprint density at radius 2 is 0.600 bits per heavy atom. The van der Waals surface area contributed by atoms with Gasteiger partial charge >= 0.3 is 166 Å². The maximum absolute atomic E-state index is 12.0. The van der Waals surface area contributed by atoms with E-state index in [-0.39, 0.29) is 0 Å². The molecule has 0 atom stereocenters. The molecule has 0 fully saturated rings. The first-order valence-corrected chi connectivity index (χ1v) is 39.5. The Balaban J connectivity index is 0.000000590. The van der Waals surface area contributed by atoms with Gasteiger partial charge in [0.05, 0.1) is 0 Å². The summed E-state index contributed by atoms with van der Waals surface area (Å²) in [4.78, 5) is 0. The van der Waals surface area contributed by atoms with Crippen LogP contribution >= 0.6 is 0 Å².